The molecule has 2 rings (SSSR count). The number of β-lactam (4-membered cyclic amide) rings is 1. The topological polar surface area (TPSA) is 46.6 Å². The summed E-state index contributed by atoms with van der Waals surface area (Å²) in [4.78, 5) is 26.7. The second kappa shape index (κ2) is 8.05. The van der Waals surface area contributed by atoms with Crippen molar-refractivity contribution in [2.24, 2.45) is 0 Å². The molecule has 1 aliphatic rings. The van der Waals surface area contributed by atoms with Crippen molar-refractivity contribution >= 4 is 20.1 Å². The van der Waals surface area contributed by atoms with Crippen LogP contribution in [0.3, 0.4) is 0 Å². The van der Waals surface area contributed by atoms with Crippen LogP contribution in [-0.4, -0.2) is 31.1 Å². The van der Waals surface area contributed by atoms with Gasteiger partial charge in [0.25, 0.3) is 5.91 Å². The summed E-state index contributed by atoms with van der Waals surface area (Å²) >= 11 is 0. The predicted molar refractivity (Wildman–Crippen MR) is 107 cm³/mol. The van der Waals surface area contributed by atoms with Crippen LogP contribution in [0.1, 0.15) is 66.5 Å². The first-order chi connectivity index (χ1) is 12.2. The fourth-order valence-corrected chi connectivity index (χ4v) is 10.1. The average molecular weight is 376 g/mol. The van der Waals surface area contributed by atoms with Crippen molar-refractivity contribution in [1.82, 2.24) is 4.90 Å². The molecule has 2 atom stereocenters. The van der Waals surface area contributed by atoms with Gasteiger partial charge >= 0.3 is 0 Å². The summed E-state index contributed by atoms with van der Waals surface area (Å²) < 4.78 is 6.76. The van der Waals surface area contributed by atoms with Gasteiger partial charge in [-0.25, -0.2) is 0 Å². The van der Waals surface area contributed by atoms with Gasteiger partial charge in [-0.3, -0.25) is 14.5 Å². The van der Waals surface area contributed by atoms with E-state index in [0.717, 1.165) is 5.56 Å². The van der Waals surface area contributed by atoms with Crippen molar-refractivity contribution in [2.75, 3.05) is 0 Å². The first-order valence-corrected chi connectivity index (χ1v) is 11.9. The largest absolute Gasteiger partial charge is 0.402 e. The number of rotatable bonds is 7. The van der Waals surface area contributed by atoms with Crippen LogP contribution >= 0.6 is 0 Å². The van der Waals surface area contributed by atoms with E-state index in [1.807, 2.05) is 30.3 Å². The molecule has 1 heterocycles. The zero-order valence-corrected chi connectivity index (χ0v) is 18.2. The van der Waals surface area contributed by atoms with Gasteiger partial charge in [0.2, 0.25) is 14.2 Å². The number of hydrogen-bond acceptors (Lipinski definition) is 3. The Morgan fingerprint density at radius 3 is 1.96 bits per heavy atom. The Labute approximate surface area is 159 Å². The highest BCUT2D eigenvalue weighted by Gasteiger charge is 2.57. The molecule has 5 heteroatoms. The second-order valence-corrected chi connectivity index (χ2v) is 13.6. The first kappa shape index (κ1) is 20.8. The van der Waals surface area contributed by atoms with E-state index in [4.69, 9.17) is 4.43 Å². The third-order valence-corrected chi connectivity index (χ3v) is 11.9. The molecule has 0 aliphatic carbocycles. The summed E-state index contributed by atoms with van der Waals surface area (Å²) in [7, 11) is -2.21. The number of benzene rings is 1. The fraction of sp³-hybridized carbons (Fsp3) is 0.619. The first-order valence-electron chi connectivity index (χ1n) is 9.77. The minimum Gasteiger partial charge on any atom is -0.402 e. The zero-order valence-electron chi connectivity index (χ0n) is 17.2. The number of hydrogen-bond donors (Lipinski definition) is 0. The van der Waals surface area contributed by atoms with Crippen molar-refractivity contribution in [2.45, 2.75) is 83.7 Å². The lowest BCUT2D eigenvalue weighted by molar-refractivity contribution is -0.173. The highest BCUT2D eigenvalue weighted by atomic mass is 28.4. The number of likely N-dealkylation sites (tertiary alicyclic amines) is 1. The number of carbonyl (C=O) groups excluding carboxylic acids is 2. The smallest absolute Gasteiger partial charge is 0.260 e. The van der Waals surface area contributed by atoms with Gasteiger partial charge in [-0.1, -0.05) is 78.8 Å². The van der Waals surface area contributed by atoms with E-state index < -0.39 is 14.4 Å². The van der Waals surface area contributed by atoms with Crippen LogP contribution in [-0.2, 0) is 14.0 Å². The van der Waals surface area contributed by atoms with E-state index >= 15 is 0 Å². The van der Waals surface area contributed by atoms with Crippen LogP contribution in [0, 0.1) is 0 Å². The molecule has 0 bridgehead atoms. The highest BCUT2D eigenvalue weighted by Crippen LogP contribution is 2.47. The van der Waals surface area contributed by atoms with Gasteiger partial charge in [-0.05, 0) is 22.2 Å². The Morgan fingerprint density at radius 2 is 1.54 bits per heavy atom. The van der Waals surface area contributed by atoms with Crippen LogP contribution in [0.2, 0.25) is 16.6 Å². The molecule has 0 spiro atoms. The maximum absolute atomic E-state index is 12.9. The minimum absolute atomic E-state index is 0.130. The van der Waals surface area contributed by atoms with E-state index in [2.05, 4.69) is 41.5 Å². The molecule has 1 saturated heterocycles. The Hall–Kier alpha value is -1.46. The molecule has 0 unspecified atom stereocenters. The van der Waals surface area contributed by atoms with Crippen LogP contribution in [0.15, 0.2) is 30.3 Å². The van der Waals surface area contributed by atoms with Crippen molar-refractivity contribution < 1.29 is 14.0 Å². The molecule has 1 fully saturated rings. The summed E-state index contributed by atoms with van der Waals surface area (Å²) in [6.45, 7) is 15.1. The fourth-order valence-electron chi connectivity index (χ4n) is 4.63. The number of imide groups is 1. The van der Waals surface area contributed by atoms with Crippen molar-refractivity contribution in [3.8, 4) is 0 Å². The number of nitrogens with zero attached hydrogens (tertiary/aromatic N) is 1. The molecular weight excluding hydrogens is 342 g/mol. The van der Waals surface area contributed by atoms with E-state index in [1.54, 1.807) is 6.92 Å². The van der Waals surface area contributed by atoms with Gasteiger partial charge in [0.15, 0.2) is 6.10 Å². The molecule has 144 valence electrons. The molecule has 0 aromatic heterocycles. The quantitative estimate of drug-likeness (QED) is 0.494. The normalized spacial score (nSPS) is 20.8. The summed E-state index contributed by atoms with van der Waals surface area (Å²) in [5.41, 5.74) is 2.14. The van der Waals surface area contributed by atoms with Gasteiger partial charge in [-0.2, -0.15) is 0 Å². The zero-order chi connectivity index (χ0) is 19.6. The predicted octanol–water partition coefficient (Wildman–Crippen LogP) is 5.07. The van der Waals surface area contributed by atoms with Gasteiger partial charge in [-0.15, -0.1) is 0 Å². The third kappa shape index (κ3) is 3.39. The van der Waals surface area contributed by atoms with E-state index in [9.17, 15) is 9.59 Å². The van der Waals surface area contributed by atoms with Crippen LogP contribution in [0.5, 0.6) is 0 Å². The average Bonchev–Trinajstić information content (AvgIpc) is 2.59. The Bertz CT molecular complexity index is 620. The van der Waals surface area contributed by atoms with Gasteiger partial charge in [0.1, 0.15) is 0 Å². The molecule has 0 saturated carbocycles. The highest BCUT2D eigenvalue weighted by molar-refractivity contribution is 6.77. The van der Waals surface area contributed by atoms with E-state index in [1.165, 1.54) is 4.90 Å². The molecule has 26 heavy (non-hydrogen) atoms. The van der Waals surface area contributed by atoms with Crippen LogP contribution in [0.25, 0.3) is 0 Å². The van der Waals surface area contributed by atoms with E-state index in [-0.39, 0.29) is 17.9 Å². The summed E-state index contributed by atoms with van der Waals surface area (Å²) in [5.74, 6) is -0.306. The van der Waals surface area contributed by atoms with Gasteiger partial charge < -0.3 is 4.43 Å². The number of carbonyl (C=O) groups is 2. The summed E-state index contributed by atoms with van der Waals surface area (Å²) in [6.07, 6.45) is -0.227. The SMILES string of the molecule is CCC(=O)N1C(=O)[C@H](O[Si](C(C)C)(C(C)C)C(C)C)[C@@H]1c1ccccc1. The Morgan fingerprint density at radius 1 is 1.04 bits per heavy atom. The third-order valence-electron chi connectivity index (χ3n) is 5.80. The Kier molecular flexibility index (Phi) is 6.45. The monoisotopic (exact) mass is 375 g/mol. The molecular formula is C21H33NO3Si. The standard InChI is InChI=1S/C21H33NO3Si/c1-8-18(23)22-19(17-12-10-9-11-13-17)20(21(22)24)25-26(14(2)3,15(4)5)16(6)7/h9-16,19-20H,8H2,1-7H3/t19-,20+/m0/s1. The maximum atomic E-state index is 12.9. The molecule has 1 aromatic carbocycles. The summed E-state index contributed by atoms with van der Waals surface area (Å²) in [6, 6.07) is 9.49. The molecule has 1 aromatic rings. The lowest BCUT2D eigenvalue weighted by atomic mass is 9.90. The number of amides is 2. The lowest BCUT2D eigenvalue weighted by Crippen LogP contribution is -2.66. The van der Waals surface area contributed by atoms with Crippen molar-refractivity contribution in [1.29, 1.82) is 0 Å². The van der Waals surface area contributed by atoms with Crippen molar-refractivity contribution in [3.05, 3.63) is 35.9 Å². The van der Waals surface area contributed by atoms with Gasteiger partial charge in [0, 0.05) is 6.42 Å². The minimum atomic E-state index is -2.21. The maximum Gasteiger partial charge on any atom is 0.260 e. The van der Waals surface area contributed by atoms with Crippen LogP contribution in [0.4, 0.5) is 0 Å². The molecule has 1 aliphatic heterocycles. The van der Waals surface area contributed by atoms with E-state index in [0.29, 0.717) is 23.0 Å². The Balaban J connectivity index is 2.43. The van der Waals surface area contributed by atoms with Crippen molar-refractivity contribution in [3.63, 3.8) is 0 Å². The molecule has 0 N–H and O–H groups in total. The lowest BCUT2D eigenvalue weighted by Gasteiger charge is -2.52. The molecule has 4 nitrogen and oxygen atoms in total. The van der Waals surface area contributed by atoms with Gasteiger partial charge in [0.05, 0.1) is 6.04 Å². The summed E-state index contributed by atoms with van der Waals surface area (Å²) in [5, 5.41) is 0. The second-order valence-electron chi connectivity index (χ2n) is 8.17. The molecule has 2 amide bonds. The van der Waals surface area contributed by atoms with Crippen LogP contribution < -0.4 is 0 Å². The molecule has 0 radical (unpaired) electrons.